The maximum Gasteiger partial charge on any atom is 0.303 e. The molecule has 0 aromatic heterocycles. The van der Waals surface area contributed by atoms with Crippen molar-refractivity contribution < 1.29 is 52.3 Å². The summed E-state index contributed by atoms with van der Waals surface area (Å²) < 4.78 is 38.1. The lowest BCUT2D eigenvalue weighted by atomic mass is 9.98. The van der Waals surface area contributed by atoms with E-state index in [1.807, 2.05) is 0 Å². The van der Waals surface area contributed by atoms with Gasteiger partial charge in [0.15, 0.2) is 23.7 Å². The van der Waals surface area contributed by atoms with E-state index >= 15 is 0 Å². The number of ether oxygens (including phenoxy) is 7. The molecule has 11 nitrogen and oxygen atoms in total. The Hall–Kier alpha value is -3.34. The van der Waals surface area contributed by atoms with E-state index in [0.29, 0.717) is 5.75 Å². The Labute approximate surface area is 184 Å². The molecule has 2 rings (SSSR count). The molecule has 5 atom stereocenters. The van der Waals surface area contributed by atoms with Crippen LogP contribution in [0.5, 0.6) is 11.5 Å². The van der Waals surface area contributed by atoms with Crippen molar-refractivity contribution in [3.05, 3.63) is 24.3 Å². The molecule has 0 bridgehead atoms. The summed E-state index contributed by atoms with van der Waals surface area (Å²) >= 11 is 0. The van der Waals surface area contributed by atoms with Gasteiger partial charge >= 0.3 is 23.9 Å². The van der Waals surface area contributed by atoms with Gasteiger partial charge in [0.1, 0.15) is 12.7 Å². The second-order valence-electron chi connectivity index (χ2n) is 6.84. The Kier molecular flexibility index (Phi) is 8.82. The largest absolute Gasteiger partial charge is 0.493 e. The zero-order valence-corrected chi connectivity index (χ0v) is 18.4. The molecule has 1 fully saturated rings. The van der Waals surface area contributed by atoms with E-state index < -0.39 is 54.6 Å². The number of hydrogen-bond acceptors (Lipinski definition) is 11. The summed E-state index contributed by atoms with van der Waals surface area (Å²) in [5, 5.41) is 0. The smallest absolute Gasteiger partial charge is 0.303 e. The van der Waals surface area contributed by atoms with E-state index in [9.17, 15) is 19.2 Å². The van der Waals surface area contributed by atoms with Gasteiger partial charge in [0.2, 0.25) is 12.4 Å². The summed E-state index contributed by atoms with van der Waals surface area (Å²) in [5.74, 6) is -2.16. The van der Waals surface area contributed by atoms with Crippen molar-refractivity contribution in [2.75, 3.05) is 13.7 Å². The minimum Gasteiger partial charge on any atom is -0.493 e. The van der Waals surface area contributed by atoms with Crippen molar-refractivity contribution in [1.82, 2.24) is 0 Å². The predicted octanol–water partition coefficient (Wildman–Crippen LogP) is 1.16. The highest BCUT2D eigenvalue weighted by molar-refractivity contribution is 5.68. The highest BCUT2D eigenvalue weighted by atomic mass is 16.7. The summed E-state index contributed by atoms with van der Waals surface area (Å²) in [5.41, 5.74) is 0. The summed E-state index contributed by atoms with van der Waals surface area (Å²) in [6.45, 7) is 4.28. The number of para-hydroxylation sites is 2. The molecule has 176 valence electrons. The van der Waals surface area contributed by atoms with Crippen molar-refractivity contribution >= 4 is 23.9 Å². The lowest BCUT2D eigenvalue weighted by molar-refractivity contribution is -0.288. The Morgan fingerprint density at radius 2 is 1.31 bits per heavy atom. The molecule has 1 aromatic carbocycles. The molecule has 0 amide bonds. The van der Waals surface area contributed by atoms with E-state index in [2.05, 4.69) is 0 Å². The first-order valence-electron chi connectivity index (χ1n) is 9.72. The number of benzene rings is 1. The third-order valence-electron chi connectivity index (χ3n) is 4.26. The van der Waals surface area contributed by atoms with E-state index in [4.69, 9.17) is 33.2 Å². The van der Waals surface area contributed by atoms with Crippen LogP contribution in [0, 0.1) is 0 Å². The highest BCUT2D eigenvalue weighted by Gasteiger charge is 2.53. The van der Waals surface area contributed by atoms with Crippen LogP contribution >= 0.6 is 0 Å². The summed E-state index contributed by atoms with van der Waals surface area (Å²) in [6.07, 6.45) is -6.31. The van der Waals surface area contributed by atoms with Gasteiger partial charge in [0.05, 0.1) is 7.11 Å². The highest BCUT2D eigenvalue weighted by Crippen LogP contribution is 2.34. The van der Waals surface area contributed by atoms with E-state index in [-0.39, 0.29) is 12.4 Å². The Morgan fingerprint density at radius 1 is 0.781 bits per heavy atom. The molecule has 11 heteroatoms. The first-order valence-corrected chi connectivity index (χ1v) is 9.72. The second-order valence-corrected chi connectivity index (χ2v) is 6.84. The Morgan fingerprint density at radius 3 is 1.84 bits per heavy atom. The van der Waals surface area contributed by atoms with Gasteiger partial charge in [-0.2, -0.15) is 0 Å². The molecule has 0 aliphatic carbocycles. The fourth-order valence-corrected chi connectivity index (χ4v) is 3.12. The normalized spacial score (nSPS) is 24.6. The molecule has 1 heterocycles. The van der Waals surface area contributed by atoms with Crippen molar-refractivity contribution in [2.24, 2.45) is 0 Å². The average Bonchev–Trinajstić information content (AvgIpc) is 2.70. The summed E-state index contributed by atoms with van der Waals surface area (Å²) in [7, 11) is 1.44. The number of rotatable bonds is 8. The standard InChI is InChI=1S/C21H26O11/c1-11(22)27-10-17-18(28-12(2)23)19(29-13(3)24)20(30-14(4)25)21(32-17)31-16-9-7-6-8-15(16)26-5/h6-9,17-21H,10H2,1-5H3/t17-,18+,19-,20-,21+/m0/s1. The first-order chi connectivity index (χ1) is 15.1. The van der Waals surface area contributed by atoms with Crippen molar-refractivity contribution in [3.8, 4) is 11.5 Å². The van der Waals surface area contributed by atoms with Crippen LogP contribution < -0.4 is 9.47 Å². The van der Waals surface area contributed by atoms with Gasteiger partial charge in [-0.3, -0.25) is 19.2 Å². The minimum absolute atomic E-state index is 0.246. The van der Waals surface area contributed by atoms with Gasteiger partial charge in [-0.1, -0.05) is 12.1 Å². The Bertz CT molecular complexity index is 837. The quantitative estimate of drug-likeness (QED) is 0.414. The molecule has 0 spiro atoms. The van der Waals surface area contributed by atoms with Gasteiger partial charge < -0.3 is 33.2 Å². The van der Waals surface area contributed by atoms with Gasteiger partial charge in [0, 0.05) is 27.7 Å². The first kappa shape index (κ1) is 24.9. The maximum atomic E-state index is 11.8. The molecule has 32 heavy (non-hydrogen) atoms. The van der Waals surface area contributed by atoms with Crippen LogP contribution in [0.4, 0.5) is 0 Å². The second kappa shape index (κ2) is 11.3. The molecule has 1 aliphatic heterocycles. The fraction of sp³-hybridized carbons (Fsp3) is 0.524. The van der Waals surface area contributed by atoms with Gasteiger partial charge in [-0.15, -0.1) is 0 Å². The zero-order valence-electron chi connectivity index (χ0n) is 18.4. The Balaban J connectivity index is 2.48. The minimum atomic E-state index is -1.33. The average molecular weight is 454 g/mol. The SMILES string of the molecule is COc1ccccc1O[C@@H]1O[C@@H](COC(C)=O)[C@@H](OC(C)=O)[C@H](OC(C)=O)[C@@H]1OC(C)=O. The number of esters is 4. The number of carbonyl (C=O) groups excluding carboxylic acids is 4. The van der Waals surface area contributed by atoms with Crippen LogP contribution in [-0.2, 0) is 42.9 Å². The molecule has 0 saturated carbocycles. The van der Waals surface area contributed by atoms with E-state index in [1.54, 1.807) is 24.3 Å². The number of hydrogen-bond donors (Lipinski definition) is 0. The number of carbonyl (C=O) groups is 4. The molecule has 0 unspecified atom stereocenters. The predicted molar refractivity (Wildman–Crippen MR) is 106 cm³/mol. The molecule has 1 saturated heterocycles. The molecule has 0 N–H and O–H groups in total. The van der Waals surface area contributed by atoms with Gasteiger partial charge in [0.25, 0.3) is 0 Å². The fourth-order valence-electron chi connectivity index (χ4n) is 3.12. The number of methoxy groups -OCH3 is 1. The van der Waals surface area contributed by atoms with E-state index in [0.717, 1.165) is 20.8 Å². The van der Waals surface area contributed by atoms with Crippen LogP contribution in [0.3, 0.4) is 0 Å². The van der Waals surface area contributed by atoms with Crippen molar-refractivity contribution in [2.45, 2.75) is 58.4 Å². The van der Waals surface area contributed by atoms with E-state index in [1.165, 1.54) is 14.0 Å². The van der Waals surface area contributed by atoms with Gasteiger partial charge in [-0.05, 0) is 12.1 Å². The van der Waals surface area contributed by atoms with Gasteiger partial charge in [-0.25, -0.2) is 0 Å². The molecule has 1 aliphatic rings. The molecular formula is C21H26O11. The molecule has 1 aromatic rings. The van der Waals surface area contributed by atoms with Crippen LogP contribution in [-0.4, -0.2) is 68.3 Å². The summed E-state index contributed by atoms with van der Waals surface area (Å²) in [6, 6.07) is 6.63. The van der Waals surface area contributed by atoms with Crippen LogP contribution in [0.25, 0.3) is 0 Å². The van der Waals surface area contributed by atoms with Crippen molar-refractivity contribution in [3.63, 3.8) is 0 Å². The molecular weight excluding hydrogens is 428 g/mol. The molecule has 0 radical (unpaired) electrons. The van der Waals surface area contributed by atoms with Crippen LogP contribution in [0.15, 0.2) is 24.3 Å². The summed E-state index contributed by atoms with van der Waals surface area (Å²) in [4.78, 5) is 46.7. The third kappa shape index (κ3) is 6.84. The monoisotopic (exact) mass is 454 g/mol. The van der Waals surface area contributed by atoms with Crippen LogP contribution in [0.1, 0.15) is 27.7 Å². The lowest BCUT2D eigenvalue weighted by Crippen LogP contribution is -2.63. The maximum absolute atomic E-state index is 11.8. The lowest BCUT2D eigenvalue weighted by Gasteiger charge is -2.43. The van der Waals surface area contributed by atoms with Crippen LogP contribution in [0.2, 0.25) is 0 Å². The topological polar surface area (TPSA) is 133 Å². The third-order valence-corrected chi connectivity index (χ3v) is 4.26. The van der Waals surface area contributed by atoms with Crippen molar-refractivity contribution in [1.29, 1.82) is 0 Å². The zero-order chi connectivity index (χ0) is 23.8.